The number of amides is 1. The van der Waals surface area contributed by atoms with Gasteiger partial charge in [-0.1, -0.05) is 30.3 Å². The molecule has 1 atom stereocenters. The molecule has 2 aromatic rings. The van der Waals surface area contributed by atoms with Gasteiger partial charge in [-0.05, 0) is 24.6 Å². The topological polar surface area (TPSA) is 57.6 Å². The minimum atomic E-state index is -0.997. The molecule has 0 aliphatic carbocycles. The van der Waals surface area contributed by atoms with E-state index in [1.54, 1.807) is 13.1 Å². The molecule has 2 rings (SSSR count). The Morgan fingerprint density at radius 2 is 1.86 bits per heavy atom. The zero-order chi connectivity index (χ0) is 15.4. The molecular formula is C16H17NO3S. The van der Waals surface area contributed by atoms with Crippen molar-refractivity contribution in [2.45, 2.75) is 19.4 Å². The molecule has 0 fully saturated rings. The number of hydrogen-bond donors (Lipinski definition) is 1. The van der Waals surface area contributed by atoms with Gasteiger partial charge in [-0.3, -0.25) is 4.79 Å². The predicted octanol–water partition coefficient (Wildman–Crippen LogP) is 2.82. The van der Waals surface area contributed by atoms with E-state index in [4.69, 9.17) is 0 Å². The second-order valence-corrected chi connectivity index (χ2v) is 6.16. The van der Waals surface area contributed by atoms with E-state index in [1.807, 2.05) is 43.3 Å². The smallest absolute Gasteiger partial charge is 0.326 e. The van der Waals surface area contributed by atoms with Gasteiger partial charge < -0.3 is 10.0 Å². The molecule has 1 amide bonds. The summed E-state index contributed by atoms with van der Waals surface area (Å²) in [6, 6.07) is 12.0. The lowest BCUT2D eigenvalue weighted by atomic mass is 10.0. The Bertz CT molecular complexity index is 636. The molecule has 0 radical (unpaired) electrons. The van der Waals surface area contributed by atoms with Gasteiger partial charge in [0.2, 0.25) is 0 Å². The lowest BCUT2D eigenvalue weighted by Gasteiger charge is -2.24. The number of rotatable bonds is 5. The SMILES string of the molecule is Cc1ccc(C(=O)N(C)C(Cc2ccccc2)C(=O)O)s1. The summed E-state index contributed by atoms with van der Waals surface area (Å²) in [6.45, 7) is 1.92. The summed E-state index contributed by atoms with van der Waals surface area (Å²) in [5, 5.41) is 9.42. The number of aliphatic carboxylic acids is 1. The van der Waals surface area contributed by atoms with Crippen LogP contribution in [0.15, 0.2) is 42.5 Å². The maximum Gasteiger partial charge on any atom is 0.326 e. The second kappa shape index (κ2) is 6.54. The Hall–Kier alpha value is -2.14. The summed E-state index contributed by atoms with van der Waals surface area (Å²) < 4.78 is 0. The molecule has 1 N–H and O–H groups in total. The van der Waals surface area contributed by atoms with Crippen molar-refractivity contribution in [2.24, 2.45) is 0 Å². The Morgan fingerprint density at radius 1 is 1.19 bits per heavy atom. The molecule has 4 nitrogen and oxygen atoms in total. The van der Waals surface area contributed by atoms with Gasteiger partial charge in [0.25, 0.3) is 5.91 Å². The number of carbonyl (C=O) groups excluding carboxylic acids is 1. The van der Waals surface area contributed by atoms with Crippen LogP contribution in [0.5, 0.6) is 0 Å². The maximum atomic E-state index is 12.4. The molecule has 0 aliphatic rings. The standard InChI is InChI=1S/C16H17NO3S/c1-11-8-9-14(21-11)15(18)17(2)13(16(19)20)10-12-6-4-3-5-7-12/h3-9,13H,10H2,1-2H3,(H,19,20). The molecule has 21 heavy (non-hydrogen) atoms. The van der Waals surface area contributed by atoms with Crippen molar-refractivity contribution >= 4 is 23.2 Å². The van der Waals surface area contributed by atoms with E-state index in [1.165, 1.54) is 16.2 Å². The number of hydrogen-bond acceptors (Lipinski definition) is 3. The van der Waals surface area contributed by atoms with Crippen LogP contribution in [0.2, 0.25) is 0 Å². The highest BCUT2D eigenvalue weighted by Crippen LogP contribution is 2.19. The third-order valence-corrected chi connectivity index (χ3v) is 4.28. The zero-order valence-corrected chi connectivity index (χ0v) is 12.8. The van der Waals surface area contributed by atoms with Crippen LogP contribution in [-0.4, -0.2) is 35.0 Å². The van der Waals surface area contributed by atoms with Crippen LogP contribution >= 0.6 is 11.3 Å². The van der Waals surface area contributed by atoms with E-state index in [9.17, 15) is 14.7 Å². The van der Waals surface area contributed by atoms with E-state index in [2.05, 4.69) is 0 Å². The fourth-order valence-electron chi connectivity index (χ4n) is 2.09. The van der Waals surface area contributed by atoms with Crippen molar-refractivity contribution in [3.05, 3.63) is 57.8 Å². The minimum absolute atomic E-state index is 0.253. The number of benzene rings is 1. The molecule has 0 spiro atoms. The van der Waals surface area contributed by atoms with Gasteiger partial charge in [0.15, 0.2) is 0 Å². The monoisotopic (exact) mass is 303 g/mol. The average molecular weight is 303 g/mol. The quantitative estimate of drug-likeness (QED) is 0.924. The summed E-state index contributed by atoms with van der Waals surface area (Å²) in [5.74, 6) is -1.25. The molecule has 0 saturated heterocycles. The van der Waals surface area contributed by atoms with Gasteiger partial charge >= 0.3 is 5.97 Å². The van der Waals surface area contributed by atoms with Crippen molar-refractivity contribution in [3.63, 3.8) is 0 Å². The number of carboxylic acids is 1. The van der Waals surface area contributed by atoms with Crippen LogP contribution in [0.1, 0.15) is 20.1 Å². The fourth-order valence-corrected chi connectivity index (χ4v) is 2.94. The Kier molecular flexibility index (Phi) is 4.75. The lowest BCUT2D eigenvalue weighted by molar-refractivity contribution is -0.141. The highest BCUT2D eigenvalue weighted by atomic mass is 32.1. The minimum Gasteiger partial charge on any atom is -0.480 e. The molecule has 1 unspecified atom stereocenters. The third kappa shape index (κ3) is 3.70. The zero-order valence-electron chi connectivity index (χ0n) is 11.9. The van der Waals surface area contributed by atoms with Gasteiger partial charge in [-0.25, -0.2) is 4.79 Å². The van der Waals surface area contributed by atoms with E-state index in [0.717, 1.165) is 10.4 Å². The van der Waals surface area contributed by atoms with Crippen LogP contribution < -0.4 is 0 Å². The number of carbonyl (C=O) groups is 2. The molecule has 1 aromatic carbocycles. The van der Waals surface area contributed by atoms with Crippen LogP contribution in [0.3, 0.4) is 0 Å². The first-order valence-electron chi connectivity index (χ1n) is 6.59. The molecule has 5 heteroatoms. The van der Waals surface area contributed by atoms with E-state index in [0.29, 0.717) is 11.3 Å². The summed E-state index contributed by atoms with van der Waals surface area (Å²) in [5.41, 5.74) is 0.895. The Balaban J connectivity index is 2.18. The van der Waals surface area contributed by atoms with Crippen LogP contribution in [0.4, 0.5) is 0 Å². The molecule has 1 heterocycles. The van der Waals surface area contributed by atoms with Gasteiger partial charge in [-0.2, -0.15) is 0 Å². The van der Waals surface area contributed by atoms with Crippen LogP contribution in [0, 0.1) is 6.92 Å². The van der Waals surface area contributed by atoms with Gasteiger partial charge in [0.1, 0.15) is 6.04 Å². The molecule has 0 saturated carbocycles. The number of carboxylic acid groups (broad SMARTS) is 1. The summed E-state index contributed by atoms with van der Waals surface area (Å²) in [7, 11) is 1.54. The predicted molar refractivity (Wildman–Crippen MR) is 82.7 cm³/mol. The van der Waals surface area contributed by atoms with Crippen molar-refractivity contribution in [2.75, 3.05) is 7.05 Å². The lowest BCUT2D eigenvalue weighted by Crippen LogP contribution is -2.43. The molecule has 0 aliphatic heterocycles. The summed E-state index contributed by atoms with van der Waals surface area (Å²) in [4.78, 5) is 26.8. The summed E-state index contributed by atoms with van der Waals surface area (Å²) >= 11 is 1.38. The summed E-state index contributed by atoms with van der Waals surface area (Å²) in [6.07, 6.45) is 0.294. The van der Waals surface area contributed by atoms with Crippen molar-refractivity contribution in [1.82, 2.24) is 4.90 Å². The van der Waals surface area contributed by atoms with Crippen LogP contribution in [0.25, 0.3) is 0 Å². The fraction of sp³-hybridized carbons (Fsp3) is 0.250. The first-order valence-corrected chi connectivity index (χ1v) is 7.41. The number of nitrogens with zero attached hydrogens (tertiary/aromatic N) is 1. The van der Waals surface area contributed by atoms with Gasteiger partial charge in [0.05, 0.1) is 4.88 Å². The molecule has 0 bridgehead atoms. The Labute approximate surface area is 127 Å². The number of aryl methyl sites for hydroxylation is 1. The van der Waals surface area contributed by atoms with Crippen molar-refractivity contribution in [1.29, 1.82) is 0 Å². The largest absolute Gasteiger partial charge is 0.480 e. The van der Waals surface area contributed by atoms with Crippen molar-refractivity contribution in [3.8, 4) is 0 Å². The normalized spacial score (nSPS) is 11.9. The first kappa shape index (κ1) is 15.3. The van der Waals surface area contributed by atoms with E-state index < -0.39 is 12.0 Å². The highest BCUT2D eigenvalue weighted by Gasteiger charge is 2.28. The van der Waals surface area contributed by atoms with Crippen molar-refractivity contribution < 1.29 is 14.7 Å². The second-order valence-electron chi connectivity index (χ2n) is 4.87. The first-order chi connectivity index (χ1) is 9.99. The van der Waals surface area contributed by atoms with E-state index >= 15 is 0 Å². The molecule has 110 valence electrons. The third-order valence-electron chi connectivity index (χ3n) is 3.30. The molecular weight excluding hydrogens is 286 g/mol. The molecule has 1 aromatic heterocycles. The maximum absolute atomic E-state index is 12.4. The van der Waals surface area contributed by atoms with Crippen LogP contribution in [-0.2, 0) is 11.2 Å². The highest BCUT2D eigenvalue weighted by molar-refractivity contribution is 7.13. The van der Waals surface area contributed by atoms with Gasteiger partial charge in [0, 0.05) is 18.3 Å². The van der Waals surface area contributed by atoms with E-state index in [-0.39, 0.29) is 5.91 Å². The number of likely N-dealkylation sites (N-methyl/N-ethyl adjacent to an activating group) is 1. The Morgan fingerprint density at radius 3 is 2.38 bits per heavy atom. The van der Waals surface area contributed by atoms with Gasteiger partial charge in [-0.15, -0.1) is 11.3 Å². The average Bonchev–Trinajstić information content (AvgIpc) is 2.90. The number of thiophene rings is 1.